The molecule has 20 heavy (non-hydrogen) atoms. The van der Waals surface area contributed by atoms with Crippen molar-refractivity contribution in [2.45, 2.75) is 38.3 Å². The first kappa shape index (κ1) is 13.1. The highest BCUT2D eigenvalue weighted by Gasteiger charge is 2.17. The lowest BCUT2D eigenvalue weighted by Gasteiger charge is -2.15. The van der Waals surface area contributed by atoms with Crippen LogP contribution in [0.5, 0.6) is 0 Å². The molecule has 1 saturated carbocycles. The van der Waals surface area contributed by atoms with E-state index in [1.165, 1.54) is 18.9 Å². The third kappa shape index (κ3) is 2.81. The average Bonchev–Trinajstić information content (AvgIpc) is 3.07. The molecule has 1 aromatic heterocycles. The van der Waals surface area contributed by atoms with Gasteiger partial charge in [0.2, 0.25) is 5.95 Å². The Morgan fingerprint density at radius 2 is 2.05 bits per heavy atom. The third-order valence-corrected chi connectivity index (χ3v) is 3.75. The summed E-state index contributed by atoms with van der Waals surface area (Å²) in [6.07, 6.45) is 8.20. The molecule has 0 atom stereocenters. The number of anilines is 1. The van der Waals surface area contributed by atoms with Crippen LogP contribution >= 0.6 is 0 Å². The first-order valence-corrected chi connectivity index (χ1v) is 6.94. The molecule has 0 aliphatic heterocycles. The van der Waals surface area contributed by atoms with E-state index in [0.29, 0.717) is 11.6 Å². The van der Waals surface area contributed by atoms with Crippen molar-refractivity contribution in [3.8, 4) is 0 Å². The SMILES string of the molecule is Fc1ccc(F)c(Cn2ccnc2NC2CCCC2)c1. The molecule has 1 aromatic carbocycles. The van der Waals surface area contributed by atoms with Gasteiger partial charge in [0, 0.05) is 24.0 Å². The van der Waals surface area contributed by atoms with Crippen LogP contribution in [-0.2, 0) is 6.54 Å². The monoisotopic (exact) mass is 277 g/mol. The number of nitrogens with one attached hydrogen (secondary N) is 1. The highest BCUT2D eigenvalue weighted by Crippen LogP contribution is 2.22. The van der Waals surface area contributed by atoms with Crippen molar-refractivity contribution in [1.82, 2.24) is 9.55 Å². The molecular weight excluding hydrogens is 260 g/mol. The van der Waals surface area contributed by atoms with E-state index in [1.807, 2.05) is 4.57 Å². The Morgan fingerprint density at radius 3 is 2.85 bits per heavy atom. The lowest BCUT2D eigenvalue weighted by atomic mass is 10.2. The molecule has 0 radical (unpaired) electrons. The maximum Gasteiger partial charge on any atom is 0.203 e. The average molecular weight is 277 g/mol. The topological polar surface area (TPSA) is 29.9 Å². The fraction of sp³-hybridized carbons (Fsp3) is 0.400. The molecule has 1 fully saturated rings. The molecule has 0 saturated heterocycles. The fourth-order valence-electron chi connectivity index (χ4n) is 2.68. The Balaban J connectivity index is 1.77. The lowest BCUT2D eigenvalue weighted by molar-refractivity contribution is 0.577. The van der Waals surface area contributed by atoms with Gasteiger partial charge in [0.15, 0.2) is 0 Å². The van der Waals surface area contributed by atoms with Crippen molar-refractivity contribution < 1.29 is 8.78 Å². The summed E-state index contributed by atoms with van der Waals surface area (Å²) < 4.78 is 28.7. The summed E-state index contributed by atoms with van der Waals surface area (Å²) in [7, 11) is 0. The van der Waals surface area contributed by atoms with Crippen LogP contribution in [-0.4, -0.2) is 15.6 Å². The molecular formula is C15H17F2N3. The predicted octanol–water partition coefficient (Wildman–Crippen LogP) is 3.56. The summed E-state index contributed by atoms with van der Waals surface area (Å²) in [5.41, 5.74) is 0.331. The minimum atomic E-state index is -0.424. The minimum absolute atomic E-state index is 0.276. The quantitative estimate of drug-likeness (QED) is 0.926. The first-order valence-electron chi connectivity index (χ1n) is 6.94. The molecule has 0 amide bonds. The molecule has 1 heterocycles. The molecule has 1 N–H and O–H groups in total. The van der Waals surface area contributed by atoms with Crippen LogP contribution in [0.15, 0.2) is 30.6 Å². The summed E-state index contributed by atoms with van der Waals surface area (Å²) in [5, 5.41) is 3.38. The smallest absolute Gasteiger partial charge is 0.203 e. The number of nitrogens with zero attached hydrogens (tertiary/aromatic N) is 2. The van der Waals surface area contributed by atoms with E-state index in [0.717, 1.165) is 30.9 Å². The van der Waals surface area contributed by atoms with Crippen LogP contribution in [0.1, 0.15) is 31.2 Å². The Hall–Kier alpha value is -1.91. The normalized spacial score (nSPS) is 15.7. The molecule has 1 aliphatic carbocycles. The van der Waals surface area contributed by atoms with Crippen molar-refractivity contribution in [1.29, 1.82) is 0 Å². The van der Waals surface area contributed by atoms with E-state index in [-0.39, 0.29) is 6.54 Å². The molecule has 1 aliphatic rings. The lowest BCUT2D eigenvalue weighted by Crippen LogP contribution is -2.18. The number of imidazole rings is 1. The minimum Gasteiger partial charge on any atom is -0.353 e. The summed E-state index contributed by atoms with van der Waals surface area (Å²) >= 11 is 0. The maximum absolute atomic E-state index is 13.7. The van der Waals surface area contributed by atoms with E-state index >= 15 is 0 Å². The molecule has 0 bridgehead atoms. The van der Waals surface area contributed by atoms with E-state index in [2.05, 4.69) is 10.3 Å². The van der Waals surface area contributed by atoms with Crippen molar-refractivity contribution in [3.05, 3.63) is 47.8 Å². The predicted molar refractivity (Wildman–Crippen MR) is 73.6 cm³/mol. The zero-order chi connectivity index (χ0) is 13.9. The van der Waals surface area contributed by atoms with Crippen LogP contribution in [0.4, 0.5) is 14.7 Å². The van der Waals surface area contributed by atoms with E-state index < -0.39 is 11.6 Å². The second kappa shape index (κ2) is 5.61. The molecule has 3 nitrogen and oxygen atoms in total. The molecule has 0 unspecified atom stereocenters. The maximum atomic E-state index is 13.7. The molecule has 106 valence electrons. The Morgan fingerprint density at radius 1 is 1.25 bits per heavy atom. The van der Waals surface area contributed by atoms with E-state index in [4.69, 9.17) is 0 Å². The highest BCUT2D eigenvalue weighted by molar-refractivity contribution is 5.30. The van der Waals surface area contributed by atoms with Crippen molar-refractivity contribution >= 4 is 5.95 Å². The van der Waals surface area contributed by atoms with Gasteiger partial charge in [-0.3, -0.25) is 0 Å². The molecule has 0 spiro atoms. The largest absolute Gasteiger partial charge is 0.353 e. The van der Waals surface area contributed by atoms with Gasteiger partial charge in [-0.1, -0.05) is 12.8 Å². The number of benzene rings is 1. The second-order valence-corrected chi connectivity index (χ2v) is 5.24. The van der Waals surface area contributed by atoms with Gasteiger partial charge in [-0.05, 0) is 31.0 Å². The Labute approximate surface area is 116 Å². The molecule has 3 rings (SSSR count). The van der Waals surface area contributed by atoms with Gasteiger partial charge < -0.3 is 9.88 Å². The van der Waals surface area contributed by atoms with Gasteiger partial charge in [-0.25, -0.2) is 13.8 Å². The van der Waals surface area contributed by atoms with E-state index in [9.17, 15) is 8.78 Å². The standard InChI is InChI=1S/C15H17F2N3/c16-12-5-6-14(17)11(9-12)10-20-8-7-18-15(20)19-13-3-1-2-4-13/h5-9,13H,1-4,10H2,(H,18,19). The van der Waals surface area contributed by atoms with Crippen LogP contribution in [0.25, 0.3) is 0 Å². The number of halogens is 2. The summed E-state index contributed by atoms with van der Waals surface area (Å²) in [6, 6.07) is 3.96. The Kier molecular flexibility index (Phi) is 3.67. The number of rotatable bonds is 4. The summed E-state index contributed by atoms with van der Waals surface area (Å²) in [4.78, 5) is 4.26. The van der Waals surface area contributed by atoms with Crippen LogP contribution in [0.2, 0.25) is 0 Å². The van der Waals surface area contributed by atoms with Gasteiger partial charge in [-0.15, -0.1) is 0 Å². The molecule has 2 aromatic rings. The van der Waals surface area contributed by atoms with Crippen molar-refractivity contribution in [3.63, 3.8) is 0 Å². The highest BCUT2D eigenvalue weighted by atomic mass is 19.1. The zero-order valence-corrected chi connectivity index (χ0v) is 11.1. The number of aromatic nitrogens is 2. The van der Waals surface area contributed by atoms with Crippen LogP contribution in [0.3, 0.4) is 0 Å². The van der Waals surface area contributed by atoms with Crippen molar-refractivity contribution in [2.75, 3.05) is 5.32 Å². The van der Waals surface area contributed by atoms with E-state index in [1.54, 1.807) is 12.4 Å². The summed E-state index contributed by atoms with van der Waals surface area (Å²) in [5.74, 6) is -0.0979. The first-order chi connectivity index (χ1) is 9.72. The van der Waals surface area contributed by atoms with Gasteiger partial charge in [0.05, 0.1) is 6.54 Å². The Bertz CT molecular complexity index is 589. The third-order valence-electron chi connectivity index (χ3n) is 3.75. The fourth-order valence-corrected chi connectivity index (χ4v) is 2.68. The second-order valence-electron chi connectivity index (χ2n) is 5.24. The van der Waals surface area contributed by atoms with Gasteiger partial charge in [-0.2, -0.15) is 0 Å². The van der Waals surface area contributed by atoms with Gasteiger partial charge in [0.25, 0.3) is 0 Å². The van der Waals surface area contributed by atoms with Crippen LogP contribution < -0.4 is 5.32 Å². The number of hydrogen-bond donors (Lipinski definition) is 1. The van der Waals surface area contributed by atoms with Crippen molar-refractivity contribution in [2.24, 2.45) is 0 Å². The zero-order valence-electron chi connectivity index (χ0n) is 11.1. The van der Waals surface area contributed by atoms with Gasteiger partial charge in [0.1, 0.15) is 11.6 Å². The molecule has 5 heteroatoms. The van der Waals surface area contributed by atoms with Gasteiger partial charge >= 0.3 is 0 Å². The summed E-state index contributed by atoms with van der Waals surface area (Å²) in [6.45, 7) is 0.276. The number of hydrogen-bond acceptors (Lipinski definition) is 2. The van der Waals surface area contributed by atoms with Crippen LogP contribution in [0, 0.1) is 11.6 Å².